The van der Waals surface area contributed by atoms with Gasteiger partial charge >= 0.3 is 0 Å². The first kappa shape index (κ1) is 32.4. The van der Waals surface area contributed by atoms with Crippen LogP contribution >= 0.6 is 0 Å². The fourth-order valence-electron chi connectivity index (χ4n) is 5.32. The number of morpholine rings is 1. The smallest absolute Gasteiger partial charge is 0.295 e. The van der Waals surface area contributed by atoms with Crippen molar-refractivity contribution < 1.29 is 33.6 Å². The van der Waals surface area contributed by atoms with Crippen molar-refractivity contribution in [1.82, 2.24) is 9.80 Å². The number of carbonyl (C=O) groups is 2. The van der Waals surface area contributed by atoms with E-state index in [4.69, 9.17) is 18.9 Å². The lowest BCUT2D eigenvalue weighted by Crippen LogP contribution is -2.39. The minimum Gasteiger partial charge on any atom is -0.507 e. The second-order valence-corrected chi connectivity index (χ2v) is 11.5. The number of unbranched alkanes of at least 4 members (excludes halogenated alkanes) is 1. The van der Waals surface area contributed by atoms with E-state index in [1.54, 1.807) is 42.3 Å². The van der Waals surface area contributed by atoms with E-state index < -0.39 is 17.7 Å². The molecule has 0 radical (unpaired) electrons. The Hall–Kier alpha value is -3.56. The van der Waals surface area contributed by atoms with E-state index in [0.29, 0.717) is 73.7 Å². The highest BCUT2D eigenvalue weighted by Gasteiger charge is 2.46. The van der Waals surface area contributed by atoms with Gasteiger partial charge in [0, 0.05) is 31.7 Å². The molecule has 234 valence electrons. The Labute approximate surface area is 255 Å². The fraction of sp³-hybridized carbons (Fsp3) is 0.529. The van der Waals surface area contributed by atoms with Gasteiger partial charge in [-0.2, -0.15) is 0 Å². The zero-order valence-electron chi connectivity index (χ0n) is 26.0. The van der Waals surface area contributed by atoms with Gasteiger partial charge in [0.25, 0.3) is 11.7 Å². The molecule has 0 aromatic heterocycles. The van der Waals surface area contributed by atoms with Crippen molar-refractivity contribution in [3.8, 4) is 17.2 Å². The van der Waals surface area contributed by atoms with Gasteiger partial charge in [-0.1, -0.05) is 33.3 Å². The molecule has 1 amide bonds. The Balaban J connectivity index is 1.66. The number of ether oxygens (including phenoxy) is 4. The molecule has 9 nitrogen and oxygen atoms in total. The van der Waals surface area contributed by atoms with Crippen molar-refractivity contribution in [1.29, 1.82) is 0 Å². The van der Waals surface area contributed by atoms with E-state index >= 15 is 0 Å². The van der Waals surface area contributed by atoms with Crippen molar-refractivity contribution in [2.24, 2.45) is 5.92 Å². The van der Waals surface area contributed by atoms with Crippen molar-refractivity contribution in [2.45, 2.75) is 52.5 Å². The second-order valence-electron chi connectivity index (χ2n) is 11.5. The van der Waals surface area contributed by atoms with E-state index in [0.717, 1.165) is 38.9 Å². The SMILES string of the molecule is CCCCOc1ccc(C(O)=C2C(=O)C(=O)N(CCCN3CCOCC3)C2c2ccc(OCCC(C)C)c(OC)c2)cc1. The summed E-state index contributed by atoms with van der Waals surface area (Å²) in [6, 6.07) is 11.6. The molecule has 0 bridgehead atoms. The Morgan fingerprint density at radius 2 is 1.72 bits per heavy atom. The highest BCUT2D eigenvalue weighted by molar-refractivity contribution is 6.46. The van der Waals surface area contributed by atoms with E-state index in [2.05, 4.69) is 25.7 Å². The van der Waals surface area contributed by atoms with Crippen LogP contribution in [0.5, 0.6) is 17.2 Å². The number of ketones is 1. The molecular formula is C34H46N2O7. The van der Waals surface area contributed by atoms with Gasteiger partial charge in [0.2, 0.25) is 0 Å². The molecule has 2 fully saturated rings. The lowest BCUT2D eigenvalue weighted by atomic mass is 9.95. The monoisotopic (exact) mass is 594 g/mol. The normalized spacial score (nSPS) is 18.8. The van der Waals surface area contributed by atoms with Crippen LogP contribution in [0.25, 0.3) is 5.76 Å². The lowest BCUT2D eigenvalue weighted by molar-refractivity contribution is -0.140. The molecule has 2 aliphatic rings. The quantitative estimate of drug-likeness (QED) is 0.126. The number of aliphatic hydroxyl groups excluding tert-OH is 1. The van der Waals surface area contributed by atoms with Gasteiger partial charge in [-0.05, 0) is 67.1 Å². The highest BCUT2D eigenvalue weighted by Crippen LogP contribution is 2.42. The Bertz CT molecular complexity index is 1250. The Morgan fingerprint density at radius 1 is 0.977 bits per heavy atom. The molecule has 2 aromatic carbocycles. The number of methoxy groups -OCH3 is 1. The van der Waals surface area contributed by atoms with Crippen LogP contribution in [0.15, 0.2) is 48.0 Å². The number of carbonyl (C=O) groups excluding carboxylic acids is 2. The first-order valence-corrected chi connectivity index (χ1v) is 15.5. The van der Waals surface area contributed by atoms with Gasteiger partial charge < -0.3 is 29.0 Å². The number of rotatable bonds is 15. The van der Waals surface area contributed by atoms with Crippen LogP contribution in [0.2, 0.25) is 0 Å². The molecule has 2 aliphatic heterocycles. The van der Waals surface area contributed by atoms with Gasteiger partial charge in [-0.25, -0.2) is 0 Å². The summed E-state index contributed by atoms with van der Waals surface area (Å²) in [6.07, 6.45) is 3.56. The van der Waals surface area contributed by atoms with Crippen molar-refractivity contribution in [3.05, 3.63) is 59.2 Å². The second kappa shape index (κ2) is 15.8. The summed E-state index contributed by atoms with van der Waals surface area (Å²) in [6.45, 7) is 11.7. The molecule has 9 heteroatoms. The molecule has 1 atom stereocenters. The molecule has 2 heterocycles. The highest BCUT2D eigenvalue weighted by atomic mass is 16.5. The van der Waals surface area contributed by atoms with Gasteiger partial charge in [-0.3, -0.25) is 14.5 Å². The molecule has 0 aliphatic carbocycles. The third-order valence-corrected chi connectivity index (χ3v) is 7.87. The largest absolute Gasteiger partial charge is 0.507 e. The van der Waals surface area contributed by atoms with Crippen molar-refractivity contribution >= 4 is 17.4 Å². The Morgan fingerprint density at radius 3 is 2.40 bits per heavy atom. The number of amides is 1. The standard InChI is InChI=1S/C34H46N2O7/c1-5-6-19-42-27-11-8-25(9-12-27)32(37)30-31(26-10-13-28(29(23-26)40-4)43-20-14-24(2)3)36(34(39)33(30)38)16-7-15-35-17-21-41-22-18-35/h8-13,23-24,31,37H,5-7,14-22H2,1-4H3. The molecule has 4 rings (SSSR count). The van der Waals surface area contributed by atoms with Crippen molar-refractivity contribution in [3.63, 3.8) is 0 Å². The number of hydrogen-bond acceptors (Lipinski definition) is 8. The van der Waals surface area contributed by atoms with E-state index in [-0.39, 0.29) is 11.3 Å². The Kier molecular flexibility index (Phi) is 11.9. The third-order valence-electron chi connectivity index (χ3n) is 7.87. The third kappa shape index (κ3) is 8.30. The van der Waals surface area contributed by atoms with Gasteiger partial charge in [0.05, 0.1) is 45.2 Å². The maximum Gasteiger partial charge on any atom is 0.295 e. The van der Waals surface area contributed by atoms with Crippen molar-refractivity contribution in [2.75, 3.05) is 59.7 Å². The lowest BCUT2D eigenvalue weighted by Gasteiger charge is -2.29. The number of aliphatic hydroxyl groups is 1. The summed E-state index contributed by atoms with van der Waals surface area (Å²) < 4.78 is 22.9. The number of benzene rings is 2. The van der Waals surface area contributed by atoms with E-state index in [9.17, 15) is 14.7 Å². The van der Waals surface area contributed by atoms with Gasteiger partial charge in [0.1, 0.15) is 11.5 Å². The fourth-order valence-corrected chi connectivity index (χ4v) is 5.32. The molecule has 2 aromatic rings. The number of nitrogens with zero attached hydrogens (tertiary/aromatic N) is 2. The van der Waals surface area contributed by atoms with Crippen LogP contribution in [0.1, 0.15) is 63.6 Å². The summed E-state index contributed by atoms with van der Waals surface area (Å²) in [4.78, 5) is 30.9. The summed E-state index contributed by atoms with van der Waals surface area (Å²) in [5.41, 5.74) is 1.17. The maximum atomic E-state index is 13.5. The summed E-state index contributed by atoms with van der Waals surface area (Å²) in [5.74, 6) is 0.749. The minimum absolute atomic E-state index is 0.0616. The molecule has 1 unspecified atom stereocenters. The predicted molar refractivity (Wildman–Crippen MR) is 166 cm³/mol. The first-order valence-electron chi connectivity index (χ1n) is 15.5. The van der Waals surface area contributed by atoms with E-state index in [1.165, 1.54) is 0 Å². The topological polar surface area (TPSA) is 97.8 Å². The molecule has 2 saturated heterocycles. The maximum absolute atomic E-state index is 13.5. The first-order chi connectivity index (χ1) is 20.8. The zero-order valence-corrected chi connectivity index (χ0v) is 26.0. The molecule has 0 saturated carbocycles. The van der Waals surface area contributed by atoms with Crippen LogP contribution < -0.4 is 14.2 Å². The minimum atomic E-state index is -0.774. The average molecular weight is 595 g/mol. The number of likely N-dealkylation sites (tertiary alicyclic amines) is 1. The molecule has 0 spiro atoms. The molecular weight excluding hydrogens is 548 g/mol. The summed E-state index contributed by atoms with van der Waals surface area (Å²) >= 11 is 0. The summed E-state index contributed by atoms with van der Waals surface area (Å²) in [7, 11) is 1.57. The average Bonchev–Trinajstić information content (AvgIpc) is 3.27. The van der Waals surface area contributed by atoms with Crippen LogP contribution in [0.4, 0.5) is 0 Å². The van der Waals surface area contributed by atoms with Crippen LogP contribution in [-0.4, -0.2) is 86.3 Å². The van der Waals surface area contributed by atoms with Gasteiger partial charge in [-0.15, -0.1) is 0 Å². The number of hydrogen-bond donors (Lipinski definition) is 1. The van der Waals surface area contributed by atoms with Crippen LogP contribution in [0.3, 0.4) is 0 Å². The van der Waals surface area contributed by atoms with Gasteiger partial charge in [0.15, 0.2) is 11.5 Å². The summed E-state index contributed by atoms with van der Waals surface area (Å²) in [5, 5.41) is 11.5. The zero-order chi connectivity index (χ0) is 30.8. The predicted octanol–water partition coefficient (Wildman–Crippen LogP) is 5.44. The molecule has 1 N–H and O–H groups in total. The van der Waals surface area contributed by atoms with Crippen LogP contribution in [0, 0.1) is 5.92 Å². The van der Waals surface area contributed by atoms with E-state index in [1.807, 2.05) is 12.1 Å². The van der Waals surface area contributed by atoms with Crippen LogP contribution in [-0.2, 0) is 14.3 Å². The molecule has 43 heavy (non-hydrogen) atoms. The number of Topliss-reactive ketones (excluding diaryl/α,β-unsaturated/α-hetero) is 1.